The molecule has 4 nitrogen and oxygen atoms in total. The number of amides is 1. The first-order chi connectivity index (χ1) is 9.65. The summed E-state index contributed by atoms with van der Waals surface area (Å²) in [5.41, 5.74) is 1.44. The Morgan fingerprint density at radius 2 is 2.00 bits per heavy atom. The zero-order valence-electron chi connectivity index (χ0n) is 12.9. The van der Waals surface area contributed by atoms with E-state index in [4.69, 9.17) is 9.47 Å². The van der Waals surface area contributed by atoms with Crippen LogP contribution in [0.15, 0.2) is 12.1 Å². The van der Waals surface area contributed by atoms with E-state index in [9.17, 15) is 4.79 Å². The van der Waals surface area contributed by atoms with Gasteiger partial charge in [-0.1, -0.05) is 26.2 Å². The highest BCUT2D eigenvalue weighted by Gasteiger charge is 2.16. The van der Waals surface area contributed by atoms with Gasteiger partial charge >= 0.3 is 0 Å². The van der Waals surface area contributed by atoms with Crippen molar-refractivity contribution in [2.45, 2.75) is 39.5 Å². The van der Waals surface area contributed by atoms with Crippen molar-refractivity contribution < 1.29 is 14.3 Å². The van der Waals surface area contributed by atoms with E-state index in [2.05, 4.69) is 12.2 Å². The molecule has 0 saturated carbocycles. The van der Waals surface area contributed by atoms with Crippen LogP contribution in [0, 0.1) is 6.92 Å². The first-order valence-corrected chi connectivity index (χ1v) is 7.18. The summed E-state index contributed by atoms with van der Waals surface area (Å²) in [4.78, 5) is 11.8. The second-order valence-corrected chi connectivity index (χ2v) is 4.76. The predicted molar refractivity (Wildman–Crippen MR) is 80.8 cm³/mol. The topological polar surface area (TPSA) is 47.6 Å². The summed E-state index contributed by atoms with van der Waals surface area (Å²) in [5, 5.41) is 2.64. The van der Waals surface area contributed by atoms with Crippen LogP contribution in [-0.4, -0.2) is 26.7 Å². The highest BCUT2D eigenvalue weighted by molar-refractivity contribution is 5.96. The molecule has 1 aromatic rings. The van der Waals surface area contributed by atoms with Crippen LogP contribution in [0.2, 0.25) is 0 Å². The molecule has 0 saturated heterocycles. The lowest BCUT2D eigenvalue weighted by Gasteiger charge is -2.15. The molecule has 0 aliphatic heterocycles. The summed E-state index contributed by atoms with van der Waals surface area (Å²) in [6.45, 7) is 4.71. The molecule has 4 heteroatoms. The summed E-state index contributed by atoms with van der Waals surface area (Å²) in [5.74, 6) is 1.23. The van der Waals surface area contributed by atoms with E-state index < -0.39 is 0 Å². The lowest BCUT2D eigenvalue weighted by atomic mass is 10.1. The van der Waals surface area contributed by atoms with Crippen LogP contribution in [-0.2, 0) is 0 Å². The van der Waals surface area contributed by atoms with E-state index in [1.807, 2.05) is 6.92 Å². The molecule has 20 heavy (non-hydrogen) atoms. The zero-order chi connectivity index (χ0) is 15.0. The SMILES string of the molecule is CCCCCCOc1c(OC)ccc(C(=O)NC)c1C. The molecule has 0 aliphatic carbocycles. The number of ether oxygens (including phenoxy) is 2. The van der Waals surface area contributed by atoms with E-state index in [1.165, 1.54) is 12.8 Å². The summed E-state index contributed by atoms with van der Waals surface area (Å²) < 4.78 is 11.2. The molecule has 0 bridgehead atoms. The van der Waals surface area contributed by atoms with E-state index in [1.54, 1.807) is 26.3 Å². The number of carbonyl (C=O) groups excluding carboxylic acids is 1. The lowest BCUT2D eigenvalue weighted by Crippen LogP contribution is -2.19. The van der Waals surface area contributed by atoms with Gasteiger partial charge in [-0.25, -0.2) is 0 Å². The first-order valence-electron chi connectivity index (χ1n) is 7.18. The van der Waals surface area contributed by atoms with Crippen molar-refractivity contribution in [1.29, 1.82) is 0 Å². The number of hydrogen-bond acceptors (Lipinski definition) is 3. The number of nitrogens with one attached hydrogen (secondary N) is 1. The van der Waals surface area contributed by atoms with Gasteiger partial charge in [0.2, 0.25) is 0 Å². The Hall–Kier alpha value is -1.71. The molecule has 0 spiro atoms. The number of rotatable bonds is 8. The summed E-state index contributed by atoms with van der Waals surface area (Å²) >= 11 is 0. The van der Waals surface area contributed by atoms with Gasteiger partial charge in [-0.15, -0.1) is 0 Å². The second-order valence-electron chi connectivity index (χ2n) is 4.76. The Balaban J connectivity index is 2.83. The van der Waals surface area contributed by atoms with E-state index in [0.29, 0.717) is 23.7 Å². The second kappa shape index (κ2) is 8.46. The first kappa shape index (κ1) is 16.3. The normalized spacial score (nSPS) is 10.2. The maximum absolute atomic E-state index is 11.8. The van der Waals surface area contributed by atoms with Crippen molar-refractivity contribution in [2.75, 3.05) is 20.8 Å². The van der Waals surface area contributed by atoms with Crippen LogP contribution in [0.4, 0.5) is 0 Å². The molecular weight excluding hydrogens is 254 g/mol. The van der Waals surface area contributed by atoms with Crippen LogP contribution in [0.1, 0.15) is 48.5 Å². The number of unbranched alkanes of at least 4 members (excludes halogenated alkanes) is 3. The zero-order valence-corrected chi connectivity index (χ0v) is 12.9. The van der Waals surface area contributed by atoms with Gasteiger partial charge in [-0.3, -0.25) is 4.79 Å². The minimum absolute atomic E-state index is 0.110. The van der Waals surface area contributed by atoms with Gasteiger partial charge in [-0.05, 0) is 25.5 Å². The van der Waals surface area contributed by atoms with Crippen LogP contribution in [0.3, 0.4) is 0 Å². The maximum Gasteiger partial charge on any atom is 0.251 e. The average molecular weight is 279 g/mol. The Kier molecular flexibility index (Phi) is 6.91. The van der Waals surface area contributed by atoms with Crippen molar-refractivity contribution >= 4 is 5.91 Å². The predicted octanol–water partition coefficient (Wildman–Crippen LogP) is 3.32. The molecule has 0 atom stereocenters. The van der Waals surface area contributed by atoms with Gasteiger partial charge in [0.05, 0.1) is 13.7 Å². The molecule has 1 amide bonds. The molecule has 1 aromatic carbocycles. The van der Waals surface area contributed by atoms with Crippen LogP contribution < -0.4 is 14.8 Å². The highest BCUT2D eigenvalue weighted by atomic mass is 16.5. The molecule has 0 radical (unpaired) electrons. The van der Waals surface area contributed by atoms with Crippen molar-refractivity contribution in [3.8, 4) is 11.5 Å². The third-order valence-electron chi connectivity index (χ3n) is 3.31. The summed E-state index contributed by atoms with van der Waals surface area (Å²) in [6, 6.07) is 3.54. The van der Waals surface area contributed by atoms with E-state index in [0.717, 1.165) is 18.4 Å². The minimum Gasteiger partial charge on any atom is -0.493 e. The lowest BCUT2D eigenvalue weighted by molar-refractivity contribution is 0.0962. The van der Waals surface area contributed by atoms with Gasteiger partial charge in [0.25, 0.3) is 5.91 Å². The number of hydrogen-bond donors (Lipinski definition) is 1. The van der Waals surface area contributed by atoms with E-state index >= 15 is 0 Å². The van der Waals surface area contributed by atoms with Crippen molar-refractivity contribution in [3.63, 3.8) is 0 Å². The fourth-order valence-electron chi connectivity index (χ4n) is 2.09. The van der Waals surface area contributed by atoms with Gasteiger partial charge in [0.15, 0.2) is 11.5 Å². The third kappa shape index (κ3) is 4.15. The number of carbonyl (C=O) groups is 1. The van der Waals surface area contributed by atoms with Crippen molar-refractivity contribution in [2.24, 2.45) is 0 Å². The molecule has 0 unspecified atom stereocenters. The number of methoxy groups -OCH3 is 1. The minimum atomic E-state index is -0.110. The van der Waals surface area contributed by atoms with E-state index in [-0.39, 0.29) is 5.91 Å². The fourth-order valence-corrected chi connectivity index (χ4v) is 2.09. The Morgan fingerprint density at radius 3 is 2.60 bits per heavy atom. The van der Waals surface area contributed by atoms with Gasteiger partial charge in [0.1, 0.15) is 0 Å². The standard InChI is InChI=1S/C16H25NO3/c1-5-6-7-8-11-20-15-12(2)13(16(18)17-3)9-10-14(15)19-4/h9-10H,5-8,11H2,1-4H3,(H,17,18). The van der Waals surface area contributed by atoms with Gasteiger partial charge in [-0.2, -0.15) is 0 Å². The monoisotopic (exact) mass is 279 g/mol. The molecule has 1 N–H and O–H groups in total. The quantitative estimate of drug-likeness (QED) is 0.743. The number of benzene rings is 1. The Morgan fingerprint density at radius 1 is 1.25 bits per heavy atom. The van der Waals surface area contributed by atoms with Gasteiger partial charge < -0.3 is 14.8 Å². The van der Waals surface area contributed by atoms with Crippen LogP contribution in [0.5, 0.6) is 11.5 Å². The maximum atomic E-state index is 11.8. The molecule has 0 aromatic heterocycles. The van der Waals surface area contributed by atoms with Crippen molar-refractivity contribution in [3.05, 3.63) is 23.3 Å². The fraction of sp³-hybridized carbons (Fsp3) is 0.562. The largest absolute Gasteiger partial charge is 0.493 e. The molecule has 112 valence electrons. The summed E-state index contributed by atoms with van der Waals surface area (Å²) in [7, 11) is 3.23. The summed E-state index contributed by atoms with van der Waals surface area (Å²) in [6.07, 6.45) is 4.60. The highest BCUT2D eigenvalue weighted by Crippen LogP contribution is 2.33. The molecule has 0 aliphatic rings. The average Bonchev–Trinajstić information content (AvgIpc) is 2.47. The smallest absolute Gasteiger partial charge is 0.251 e. The molecule has 0 fully saturated rings. The van der Waals surface area contributed by atoms with Crippen LogP contribution >= 0.6 is 0 Å². The van der Waals surface area contributed by atoms with Gasteiger partial charge in [0, 0.05) is 18.2 Å². The third-order valence-corrected chi connectivity index (χ3v) is 3.31. The Labute approximate surface area is 121 Å². The molecular formula is C16H25NO3. The molecule has 0 heterocycles. The Bertz CT molecular complexity index is 444. The molecule has 1 rings (SSSR count). The van der Waals surface area contributed by atoms with Crippen LogP contribution in [0.25, 0.3) is 0 Å². The van der Waals surface area contributed by atoms with Crippen molar-refractivity contribution in [1.82, 2.24) is 5.32 Å².